The normalized spacial score (nSPS) is 11.7. The minimum absolute atomic E-state index is 0.0432. The molecule has 0 bridgehead atoms. The number of rotatable bonds is 6. The highest BCUT2D eigenvalue weighted by molar-refractivity contribution is 6.10. The zero-order valence-corrected chi connectivity index (χ0v) is 27.8. The van der Waals surface area contributed by atoms with E-state index < -0.39 is 5.82 Å². The van der Waals surface area contributed by atoms with Crippen molar-refractivity contribution in [2.45, 2.75) is 39.5 Å². The lowest BCUT2D eigenvalue weighted by atomic mass is 9.87. The zero-order valence-electron chi connectivity index (χ0n) is 27.8. The van der Waals surface area contributed by atoms with E-state index in [2.05, 4.69) is 99.0 Å². The Morgan fingerprint density at radius 2 is 1.27 bits per heavy atom. The van der Waals surface area contributed by atoms with Gasteiger partial charge in [0.1, 0.15) is 17.5 Å². The van der Waals surface area contributed by atoms with Crippen molar-refractivity contribution in [1.82, 2.24) is 9.55 Å². The highest BCUT2D eigenvalue weighted by Crippen LogP contribution is 2.43. The Hall–Kier alpha value is -5.99. The van der Waals surface area contributed by atoms with Gasteiger partial charge < -0.3 is 4.42 Å². The Morgan fingerprint density at radius 1 is 0.653 bits per heavy atom. The molecule has 0 fully saturated rings. The molecule has 0 unspecified atom stereocenters. The summed E-state index contributed by atoms with van der Waals surface area (Å²) in [6, 6.07) is 43.1. The second kappa shape index (κ2) is 11.9. The Bertz CT molecular complexity index is 2540. The molecule has 0 saturated carbocycles. The van der Waals surface area contributed by atoms with Crippen LogP contribution in [0.15, 0.2) is 126 Å². The lowest BCUT2D eigenvalue weighted by molar-refractivity contribution is 0.582. The quantitative estimate of drug-likeness (QED) is 0.182. The van der Waals surface area contributed by atoms with Crippen LogP contribution in [0, 0.1) is 17.1 Å². The number of furan rings is 1. The first kappa shape index (κ1) is 30.4. The lowest BCUT2D eigenvalue weighted by Gasteiger charge is -2.24. The average molecular weight is 640 g/mol. The fourth-order valence-corrected chi connectivity index (χ4v) is 7.00. The second-order valence-electron chi connectivity index (χ2n) is 13.2. The summed E-state index contributed by atoms with van der Waals surface area (Å²) < 4.78 is 23.9. The van der Waals surface area contributed by atoms with Gasteiger partial charge in [-0.2, -0.15) is 5.26 Å². The first-order chi connectivity index (χ1) is 23.8. The third-order valence-electron chi connectivity index (χ3n) is 9.49. The summed E-state index contributed by atoms with van der Waals surface area (Å²) in [6.07, 6.45) is 0. The molecule has 0 spiro atoms. The van der Waals surface area contributed by atoms with Crippen molar-refractivity contribution in [2.24, 2.45) is 0 Å². The molecule has 0 N–H and O–H groups in total. The van der Waals surface area contributed by atoms with E-state index in [9.17, 15) is 5.26 Å². The minimum atomic E-state index is -0.646. The zero-order chi connectivity index (χ0) is 33.8. The predicted molar refractivity (Wildman–Crippen MR) is 198 cm³/mol. The molecule has 8 aromatic rings. The molecule has 5 heteroatoms. The molecule has 8 rings (SSSR count). The molecule has 0 saturated heterocycles. The maximum absolute atomic E-state index is 15.4. The number of hydrogen-bond acceptors (Lipinski definition) is 3. The third-order valence-corrected chi connectivity index (χ3v) is 9.49. The predicted octanol–water partition coefficient (Wildman–Crippen LogP) is 12.2. The lowest BCUT2D eigenvalue weighted by Crippen LogP contribution is -2.09. The van der Waals surface area contributed by atoms with Crippen molar-refractivity contribution in [1.29, 1.82) is 5.26 Å². The molecule has 4 nitrogen and oxygen atoms in total. The largest absolute Gasteiger partial charge is 0.452 e. The summed E-state index contributed by atoms with van der Waals surface area (Å²) in [6.45, 7) is 8.94. The first-order valence-electron chi connectivity index (χ1n) is 16.7. The molecule has 0 aliphatic heterocycles. The molecule has 0 amide bonds. The average Bonchev–Trinajstić information content (AvgIpc) is 3.71. The topological polar surface area (TPSA) is 54.8 Å². The van der Waals surface area contributed by atoms with E-state index in [0.717, 1.165) is 39.1 Å². The highest BCUT2D eigenvalue weighted by Gasteiger charge is 2.26. The van der Waals surface area contributed by atoms with E-state index in [1.54, 1.807) is 6.07 Å². The van der Waals surface area contributed by atoms with Crippen molar-refractivity contribution in [3.63, 3.8) is 0 Å². The highest BCUT2D eigenvalue weighted by atomic mass is 19.1. The van der Waals surface area contributed by atoms with Gasteiger partial charge in [-0.15, -0.1) is 0 Å². The van der Waals surface area contributed by atoms with Gasteiger partial charge >= 0.3 is 0 Å². The second-order valence-corrected chi connectivity index (χ2v) is 13.2. The molecule has 2 aromatic heterocycles. The van der Waals surface area contributed by atoms with Crippen LogP contribution in [0.5, 0.6) is 0 Å². The molecule has 2 heterocycles. The maximum Gasteiger partial charge on any atom is 0.184 e. The van der Waals surface area contributed by atoms with Gasteiger partial charge in [-0.3, -0.25) is 4.57 Å². The Labute approximate surface area is 284 Å². The van der Waals surface area contributed by atoms with Gasteiger partial charge in [-0.25, -0.2) is 9.37 Å². The number of nitriles is 1. The molecule has 49 heavy (non-hydrogen) atoms. The van der Waals surface area contributed by atoms with Crippen LogP contribution in [0.3, 0.4) is 0 Å². The van der Waals surface area contributed by atoms with E-state index in [1.165, 1.54) is 33.9 Å². The standard InChI is InChI=1S/C44H34FN3O/c1-26(2)36-23-32(30-19-17-29(18-20-30)28-11-6-5-7-12-28)24-37(27(3)4)41(36)48-39-16-9-8-15-38(39)47-44(48)35-14-10-13-33-34-22-21-31(25-46)40(45)43(34)49-42(33)35/h5-24,26-27H,1-4H3. The van der Waals surface area contributed by atoms with Crippen molar-refractivity contribution in [3.05, 3.63) is 144 Å². The van der Waals surface area contributed by atoms with Crippen LogP contribution in [0.25, 0.3) is 72.3 Å². The number of fused-ring (bicyclic) bond motifs is 4. The molecule has 0 atom stereocenters. The van der Waals surface area contributed by atoms with E-state index >= 15 is 4.39 Å². The van der Waals surface area contributed by atoms with E-state index in [4.69, 9.17) is 9.40 Å². The number of imidazole rings is 1. The summed E-state index contributed by atoms with van der Waals surface area (Å²) in [5, 5.41) is 10.9. The summed E-state index contributed by atoms with van der Waals surface area (Å²) in [5.74, 6) is 0.471. The Morgan fingerprint density at radius 3 is 1.94 bits per heavy atom. The molecule has 0 radical (unpaired) electrons. The van der Waals surface area contributed by atoms with Crippen LogP contribution in [-0.4, -0.2) is 9.55 Å². The van der Waals surface area contributed by atoms with E-state index in [0.29, 0.717) is 11.0 Å². The van der Waals surface area contributed by atoms with E-state index in [1.807, 2.05) is 48.5 Å². The summed E-state index contributed by atoms with van der Waals surface area (Å²) in [5.41, 5.74) is 11.4. The van der Waals surface area contributed by atoms with Gasteiger partial charge in [0.15, 0.2) is 11.4 Å². The number of aromatic nitrogens is 2. The first-order valence-corrected chi connectivity index (χ1v) is 16.7. The fourth-order valence-electron chi connectivity index (χ4n) is 7.00. The van der Waals surface area contributed by atoms with Crippen LogP contribution < -0.4 is 0 Å². The maximum atomic E-state index is 15.4. The summed E-state index contributed by atoms with van der Waals surface area (Å²) >= 11 is 0. The molecule has 0 aliphatic rings. The van der Waals surface area contributed by atoms with Crippen molar-refractivity contribution in [3.8, 4) is 45.4 Å². The molecular formula is C44H34FN3O. The third kappa shape index (κ3) is 5.00. The molecule has 6 aromatic carbocycles. The summed E-state index contributed by atoms with van der Waals surface area (Å²) in [4.78, 5) is 5.21. The smallest absolute Gasteiger partial charge is 0.184 e. The number of benzene rings is 6. The van der Waals surface area contributed by atoms with Crippen molar-refractivity contribution in [2.75, 3.05) is 0 Å². The van der Waals surface area contributed by atoms with Gasteiger partial charge in [0, 0.05) is 10.8 Å². The Balaban J connectivity index is 1.38. The Kier molecular flexibility index (Phi) is 7.38. The van der Waals surface area contributed by atoms with E-state index in [-0.39, 0.29) is 23.0 Å². The molecule has 0 aliphatic carbocycles. The van der Waals surface area contributed by atoms with Gasteiger partial charge in [0.05, 0.1) is 27.8 Å². The van der Waals surface area contributed by atoms with Gasteiger partial charge in [0.2, 0.25) is 0 Å². The molecular weight excluding hydrogens is 606 g/mol. The molecule has 238 valence electrons. The van der Waals surface area contributed by atoms with Crippen molar-refractivity contribution >= 4 is 33.0 Å². The monoisotopic (exact) mass is 639 g/mol. The van der Waals surface area contributed by atoms with Gasteiger partial charge in [-0.1, -0.05) is 107 Å². The number of nitrogens with zero attached hydrogens (tertiary/aromatic N) is 3. The SMILES string of the molecule is CC(C)c1cc(-c2ccc(-c3ccccc3)cc2)cc(C(C)C)c1-n1c(-c2cccc3c2oc2c(F)c(C#N)ccc23)nc2ccccc21. The minimum Gasteiger partial charge on any atom is -0.452 e. The van der Waals surface area contributed by atoms with Crippen LogP contribution in [-0.2, 0) is 0 Å². The number of halogens is 1. The van der Waals surface area contributed by atoms with Crippen LogP contribution >= 0.6 is 0 Å². The number of hydrogen-bond donors (Lipinski definition) is 0. The van der Waals surface area contributed by atoms with Crippen LogP contribution in [0.1, 0.15) is 56.2 Å². The number of para-hydroxylation sites is 3. The van der Waals surface area contributed by atoms with Crippen LogP contribution in [0.4, 0.5) is 4.39 Å². The van der Waals surface area contributed by atoms with Crippen molar-refractivity contribution < 1.29 is 8.81 Å². The fraction of sp³-hybridized carbons (Fsp3) is 0.136. The van der Waals surface area contributed by atoms with Gasteiger partial charge in [0.25, 0.3) is 0 Å². The van der Waals surface area contributed by atoms with Crippen LogP contribution in [0.2, 0.25) is 0 Å². The van der Waals surface area contributed by atoms with Gasteiger partial charge in [-0.05, 0) is 87.7 Å². The summed E-state index contributed by atoms with van der Waals surface area (Å²) in [7, 11) is 0.